The maximum absolute atomic E-state index is 5.85. The smallest absolute Gasteiger partial charge is 0.191 e. The molecule has 3 aromatic heterocycles. The number of hydrogen-bond acceptors (Lipinski definition) is 5. The van der Waals surface area contributed by atoms with Crippen LogP contribution in [0.15, 0.2) is 78.0 Å². The van der Waals surface area contributed by atoms with Crippen LogP contribution in [-0.4, -0.2) is 32.6 Å². The van der Waals surface area contributed by atoms with Crippen LogP contribution in [0, 0.1) is 0 Å². The minimum Gasteiger partial charge on any atom is -0.487 e. The molecule has 31 heavy (non-hydrogen) atoms. The van der Waals surface area contributed by atoms with Crippen molar-refractivity contribution in [2.24, 2.45) is 4.99 Å². The highest BCUT2D eigenvalue weighted by atomic mass is 127. The van der Waals surface area contributed by atoms with Crippen molar-refractivity contribution in [3.8, 4) is 5.75 Å². The third-order valence-electron chi connectivity index (χ3n) is 4.49. The second-order valence-electron chi connectivity index (χ2n) is 6.58. The van der Waals surface area contributed by atoms with Gasteiger partial charge in [-0.05, 0) is 42.0 Å². The summed E-state index contributed by atoms with van der Waals surface area (Å²) in [5.74, 6) is 2.30. The van der Waals surface area contributed by atoms with Crippen molar-refractivity contribution in [1.29, 1.82) is 0 Å². The van der Waals surface area contributed by atoms with Crippen molar-refractivity contribution in [2.45, 2.75) is 19.7 Å². The molecular weight excluding hydrogens is 505 g/mol. The van der Waals surface area contributed by atoms with Gasteiger partial charge in [0.05, 0.1) is 12.2 Å². The lowest BCUT2D eigenvalue weighted by atomic mass is 10.2. The molecule has 0 bridgehead atoms. The number of hydrogen-bond donors (Lipinski definition) is 2. The fourth-order valence-electron chi connectivity index (χ4n) is 2.97. The maximum atomic E-state index is 5.85. The third-order valence-corrected chi connectivity index (χ3v) is 4.49. The zero-order valence-electron chi connectivity index (χ0n) is 17.1. The van der Waals surface area contributed by atoms with Gasteiger partial charge < -0.3 is 15.4 Å². The number of nitrogens with zero attached hydrogens (tertiary/aromatic N) is 5. The molecule has 8 nitrogen and oxygen atoms in total. The fraction of sp³-hybridized carbons (Fsp3) is 0.182. The van der Waals surface area contributed by atoms with E-state index in [-0.39, 0.29) is 24.0 Å². The Balaban J connectivity index is 0.00000272. The number of aromatic nitrogens is 4. The van der Waals surface area contributed by atoms with Crippen molar-refractivity contribution in [2.75, 3.05) is 7.05 Å². The highest BCUT2D eigenvalue weighted by Crippen LogP contribution is 2.14. The highest BCUT2D eigenvalue weighted by molar-refractivity contribution is 14.0. The molecule has 0 amide bonds. The molecule has 0 aliphatic heterocycles. The maximum Gasteiger partial charge on any atom is 0.191 e. The molecule has 1 aromatic carbocycles. The second-order valence-corrected chi connectivity index (χ2v) is 6.58. The van der Waals surface area contributed by atoms with Crippen LogP contribution in [0.2, 0.25) is 0 Å². The van der Waals surface area contributed by atoms with Gasteiger partial charge in [-0.15, -0.1) is 34.2 Å². The second kappa shape index (κ2) is 11.3. The summed E-state index contributed by atoms with van der Waals surface area (Å²) in [5.41, 5.74) is 2.80. The van der Waals surface area contributed by atoms with Gasteiger partial charge in [0.2, 0.25) is 0 Å². The summed E-state index contributed by atoms with van der Waals surface area (Å²) < 4.78 is 7.80. The lowest BCUT2D eigenvalue weighted by Crippen LogP contribution is -2.36. The topological polar surface area (TPSA) is 88.7 Å². The minimum atomic E-state index is 0. The van der Waals surface area contributed by atoms with Gasteiger partial charge in [-0.3, -0.25) is 14.4 Å². The predicted octanol–water partition coefficient (Wildman–Crippen LogP) is 3.19. The summed E-state index contributed by atoms with van der Waals surface area (Å²) >= 11 is 0. The lowest BCUT2D eigenvalue weighted by molar-refractivity contribution is 0.301. The third kappa shape index (κ3) is 6.14. The van der Waals surface area contributed by atoms with Crippen LogP contribution in [0.4, 0.5) is 0 Å². The van der Waals surface area contributed by atoms with Gasteiger partial charge in [-0.1, -0.05) is 24.3 Å². The van der Waals surface area contributed by atoms with Gasteiger partial charge in [-0.2, -0.15) is 0 Å². The quantitative estimate of drug-likeness (QED) is 0.217. The summed E-state index contributed by atoms with van der Waals surface area (Å²) in [6, 6.07) is 19.6. The van der Waals surface area contributed by atoms with Gasteiger partial charge in [0.25, 0.3) is 0 Å². The van der Waals surface area contributed by atoms with Crippen LogP contribution >= 0.6 is 24.0 Å². The molecule has 4 aromatic rings. The molecule has 3 heterocycles. The van der Waals surface area contributed by atoms with Gasteiger partial charge >= 0.3 is 0 Å². The molecule has 0 spiro atoms. The first-order valence-corrected chi connectivity index (χ1v) is 9.66. The van der Waals surface area contributed by atoms with E-state index in [1.54, 1.807) is 13.2 Å². The Labute approximate surface area is 197 Å². The molecule has 0 saturated carbocycles. The van der Waals surface area contributed by atoms with E-state index >= 15 is 0 Å². The van der Waals surface area contributed by atoms with Crippen LogP contribution in [0.1, 0.15) is 17.1 Å². The van der Waals surface area contributed by atoms with Crippen LogP contribution < -0.4 is 15.4 Å². The first kappa shape index (κ1) is 22.5. The first-order chi connectivity index (χ1) is 14.8. The van der Waals surface area contributed by atoms with Crippen LogP contribution in [0.25, 0.3) is 5.65 Å². The molecule has 0 fully saturated rings. The first-order valence-electron chi connectivity index (χ1n) is 9.66. The molecule has 160 valence electrons. The van der Waals surface area contributed by atoms with Crippen molar-refractivity contribution in [3.63, 3.8) is 0 Å². The number of ether oxygens (including phenoxy) is 1. The average Bonchev–Trinajstić information content (AvgIpc) is 3.22. The van der Waals surface area contributed by atoms with Gasteiger partial charge in [-0.25, -0.2) is 0 Å². The van der Waals surface area contributed by atoms with E-state index in [9.17, 15) is 0 Å². The molecule has 0 radical (unpaired) electrons. The zero-order chi connectivity index (χ0) is 20.6. The summed E-state index contributed by atoms with van der Waals surface area (Å²) in [4.78, 5) is 8.55. The summed E-state index contributed by atoms with van der Waals surface area (Å²) in [6.45, 7) is 1.56. The normalized spacial score (nSPS) is 11.1. The molecular formula is C22H24IN7O. The van der Waals surface area contributed by atoms with Crippen LogP contribution in [0.3, 0.4) is 0 Å². The predicted molar refractivity (Wildman–Crippen MR) is 130 cm³/mol. The molecule has 4 rings (SSSR count). The highest BCUT2D eigenvalue weighted by Gasteiger charge is 2.06. The largest absolute Gasteiger partial charge is 0.487 e. The van der Waals surface area contributed by atoms with Gasteiger partial charge in [0.15, 0.2) is 17.4 Å². The van der Waals surface area contributed by atoms with Crippen LogP contribution in [0.5, 0.6) is 5.75 Å². The van der Waals surface area contributed by atoms with E-state index in [4.69, 9.17) is 4.74 Å². The number of nitrogens with one attached hydrogen (secondary N) is 2. The average molecular weight is 529 g/mol. The number of halogens is 1. The SMILES string of the molecule is CN=C(NCc1cccc(OCc2ccccn2)c1)NCc1nnc2ccccn12.I. The van der Waals surface area contributed by atoms with E-state index in [0.717, 1.165) is 28.5 Å². The van der Waals surface area contributed by atoms with Gasteiger partial charge in [0.1, 0.15) is 12.4 Å². The number of aliphatic imine (C=N–C) groups is 1. The lowest BCUT2D eigenvalue weighted by Gasteiger charge is -2.12. The zero-order valence-corrected chi connectivity index (χ0v) is 19.4. The molecule has 0 aliphatic carbocycles. The molecule has 2 N–H and O–H groups in total. The summed E-state index contributed by atoms with van der Waals surface area (Å²) in [5, 5.41) is 15.0. The van der Waals surface area contributed by atoms with E-state index in [0.29, 0.717) is 25.7 Å². The Bertz CT molecular complexity index is 1130. The van der Waals surface area contributed by atoms with Crippen LogP contribution in [-0.2, 0) is 19.7 Å². The standard InChI is InChI=1S/C22H23N7O.HI/c1-23-22(26-15-21-28-27-20-10-3-5-12-29(20)21)25-14-17-7-6-9-19(13-17)30-16-18-8-2-4-11-24-18;/h2-13H,14-16H2,1H3,(H2,23,25,26);1H. The van der Waals surface area contributed by atoms with Gasteiger partial charge in [0, 0.05) is 26.0 Å². The summed E-state index contributed by atoms with van der Waals surface area (Å²) in [7, 11) is 1.74. The Morgan fingerprint density at radius 3 is 2.71 bits per heavy atom. The summed E-state index contributed by atoms with van der Waals surface area (Å²) in [6.07, 6.45) is 3.71. The van der Waals surface area contributed by atoms with E-state index in [1.807, 2.05) is 71.3 Å². The van der Waals surface area contributed by atoms with Crippen molar-refractivity contribution >= 4 is 35.6 Å². The molecule has 0 aliphatic rings. The Morgan fingerprint density at radius 1 is 1.00 bits per heavy atom. The Morgan fingerprint density at radius 2 is 1.87 bits per heavy atom. The number of rotatable bonds is 7. The Kier molecular flexibility index (Phi) is 8.16. The van der Waals surface area contributed by atoms with E-state index < -0.39 is 0 Å². The fourth-order valence-corrected chi connectivity index (χ4v) is 2.97. The number of pyridine rings is 2. The van der Waals surface area contributed by atoms with Crippen molar-refractivity contribution < 1.29 is 4.74 Å². The minimum absolute atomic E-state index is 0. The number of fused-ring (bicyclic) bond motifs is 1. The van der Waals surface area contributed by atoms with E-state index in [2.05, 4.69) is 30.8 Å². The molecule has 0 atom stereocenters. The number of benzene rings is 1. The monoisotopic (exact) mass is 529 g/mol. The molecule has 9 heteroatoms. The Hall–Kier alpha value is -3.21. The van der Waals surface area contributed by atoms with Crippen molar-refractivity contribution in [1.82, 2.24) is 30.2 Å². The molecule has 0 saturated heterocycles. The number of guanidine groups is 1. The van der Waals surface area contributed by atoms with E-state index in [1.165, 1.54) is 0 Å². The molecule has 0 unspecified atom stereocenters. The van der Waals surface area contributed by atoms with Crippen molar-refractivity contribution in [3.05, 3.63) is 90.1 Å².